The molecule has 5 nitrogen and oxygen atoms in total. The highest BCUT2D eigenvalue weighted by molar-refractivity contribution is 5.50. The third kappa shape index (κ3) is 2.04. The average molecular weight is 246 g/mol. The van der Waals surface area contributed by atoms with Gasteiger partial charge in [0.15, 0.2) is 5.82 Å². The lowest BCUT2D eigenvalue weighted by molar-refractivity contribution is -0.0457. The molecule has 1 aliphatic rings. The molecule has 18 heavy (non-hydrogen) atoms. The van der Waals surface area contributed by atoms with Gasteiger partial charge in [0.2, 0.25) is 0 Å². The predicted octanol–water partition coefficient (Wildman–Crippen LogP) is 2.04. The highest BCUT2D eigenvalue weighted by Gasteiger charge is 2.39. The number of nitriles is 1. The first kappa shape index (κ1) is 12.8. The van der Waals surface area contributed by atoms with Crippen LogP contribution in [0.4, 0.5) is 5.82 Å². The zero-order valence-corrected chi connectivity index (χ0v) is 10.9. The molecule has 0 unspecified atom stereocenters. The smallest absolute Gasteiger partial charge is 0.162 e. The second-order valence-corrected chi connectivity index (χ2v) is 4.64. The zero-order valence-electron chi connectivity index (χ0n) is 10.9. The van der Waals surface area contributed by atoms with Crippen LogP contribution < -0.4 is 5.73 Å². The number of aryl methyl sites for hydroxylation is 1. The van der Waals surface area contributed by atoms with Gasteiger partial charge in [0.25, 0.3) is 0 Å². The first-order valence-corrected chi connectivity index (χ1v) is 6.31. The SMILES string of the molecule is CCOC1(c2nc(C)c(C#N)c(N)n2)CCCC1. The molecular weight excluding hydrogens is 228 g/mol. The lowest BCUT2D eigenvalue weighted by Crippen LogP contribution is -2.29. The van der Waals surface area contributed by atoms with E-state index in [1.54, 1.807) is 6.92 Å². The Balaban J connectivity index is 2.47. The minimum absolute atomic E-state index is 0.256. The predicted molar refractivity (Wildman–Crippen MR) is 67.7 cm³/mol. The summed E-state index contributed by atoms with van der Waals surface area (Å²) in [4.78, 5) is 8.74. The van der Waals surface area contributed by atoms with Crippen LogP contribution in [0.2, 0.25) is 0 Å². The molecule has 0 spiro atoms. The number of hydrogen-bond acceptors (Lipinski definition) is 5. The van der Waals surface area contributed by atoms with E-state index in [1.165, 1.54) is 0 Å². The van der Waals surface area contributed by atoms with Crippen molar-refractivity contribution in [3.05, 3.63) is 17.1 Å². The summed E-state index contributed by atoms with van der Waals surface area (Å²) in [5, 5.41) is 8.98. The second-order valence-electron chi connectivity index (χ2n) is 4.64. The minimum atomic E-state index is -0.401. The standard InChI is InChI=1S/C13H18N4O/c1-3-18-13(6-4-5-7-13)12-16-9(2)10(8-14)11(15)17-12/h3-7H2,1-2H3,(H2,15,16,17). The van der Waals surface area contributed by atoms with E-state index in [0.717, 1.165) is 25.7 Å². The van der Waals surface area contributed by atoms with Gasteiger partial charge < -0.3 is 10.5 Å². The second kappa shape index (κ2) is 4.91. The normalized spacial score (nSPS) is 17.6. The lowest BCUT2D eigenvalue weighted by Gasteiger charge is -2.27. The van der Waals surface area contributed by atoms with E-state index in [0.29, 0.717) is 23.7 Å². The molecule has 96 valence electrons. The average Bonchev–Trinajstić information content (AvgIpc) is 2.79. The summed E-state index contributed by atoms with van der Waals surface area (Å²) in [6.45, 7) is 4.39. The Morgan fingerprint density at radius 3 is 2.56 bits per heavy atom. The van der Waals surface area contributed by atoms with E-state index in [9.17, 15) is 0 Å². The summed E-state index contributed by atoms with van der Waals surface area (Å²) in [5.41, 5.74) is 6.42. The van der Waals surface area contributed by atoms with Crippen LogP contribution in [-0.4, -0.2) is 16.6 Å². The number of hydrogen-bond donors (Lipinski definition) is 1. The molecule has 0 aliphatic heterocycles. The van der Waals surface area contributed by atoms with Crippen molar-refractivity contribution >= 4 is 5.82 Å². The van der Waals surface area contributed by atoms with Crippen LogP contribution in [0.1, 0.15) is 49.7 Å². The van der Waals surface area contributed by atoms with Gasteiger partial charge in [-0.2, -0.15) is 5.26 Å². The molecule has 1 heterocycles. The number of anilines is 1. The number of nitrogens with zero attached hydrogens (tertiary/aromatic N) is 3. The van der Waals surface area contributed by atoms with Crippen LogP contribution in [-0.2, 0) is 10.3 Å². The van der Waals surface area contributed by atoms with E-state index in [1.807, 2.05) is 13.0 Å². The van der Waals surface area contributed by atoms with Crippen molar-refractivity contribution < 1.29 is 4.74 Å². The fraction of sp³-hybridized carbons (Fsp3) is 0.615. The summed E-state index contributed by atoms with van der Waals surface area (Å²) in [6, 6.07) is 2.04. The van der Waals surface area contributed by atoms with Gasteiger partial charge in [0, 0.05) is 6.61 Å². The molecule has 5 heteroatoms. The third-order valence-corrected chi connectivity index (χ3v) is 3.47. The molecule has 0 saturated heterocycles. The summed E-state index contributed by atoms with van der Waals surface area (Å²) < 4.78 is 5.90. The van der Waals surface area contributed by atoms with E-state index < -0.39 is 5.60 Å². The quantitative estimate of drug-likeness (QED) is 0.882. The Morgan fingerprint density at radius 2 is 2.06 bits per heavy atom. The zero-order chi connectivity index (χ0) is 13.2. The molecule has 0 bridgehead atoms. The van der Waals surface area contributed by atoms with Crippen molar-refractivity contribution in [3.63, 3.8) is 0 Å². The van der Waals surface area contributed by atoms with Crippen LogP contribution in [0.3, 0.4) is 0 Å². The number of nitrogen functional groups attached to an aromatic ring is 1. The largest absolute Gasteiger partial charge is 0.382 e. The summed E-state index contributed by atoms with van der Waals surface area (Å²) in [6.07, 6.45) is 4.07. The van der Waals surface area contributed by atoms with Crippen LogP contribution in [0.25, 0.3) is 0 Å². The number of nitrogens with two attached hydrogens (primary N) is 1. The molecule has 0 atom stereocenters. The Labute approximate surface area is 107 Å². The Hall–Kier alpha value is -1.67. The topological polar surface area (TPSA) is 84.8 Å². The first-order chi connectivity index (χ1) is 8.63. The molecule has 1 aromatic heterocycles. The van der Waals surface area contributed by atoms with Gasteiger partial charge in [-0.05, 0) is 39.5 Å². The van der Waals surface area contributed by atoms with Gasteiger partial charge in [-0.3, -0.25) is 0 Å². The molecule has 1 aliphatic carbocycles. The number of ether oxygens (including phenoxy) is 1. The van der Waals surface area contributed by atoms with Gasteiger partial charge in [0.1, 0.15) is 23.1 Å². The van der Waals surface area contributed by atoms with Crippen LogP contribution in [0.5, 0.6) is 0 Å². The summed E-state index contributed by atoms with van der Waals surface area (Å²) in [7, 11) is 0. The van der Waals surface area contributed by atoms with Gasteiger partial charge in [0.05, 0.1) is 5.69 Å². The molecule has 1 aromatic rings. The third-order valence-electron chi connectivity index (χ3n) is 3.47. The van der Waals surface area contributed by atoms with E-state index >= 15 is 0 Å². The highest BCUT2D eigenvalue weighted by Crippen LogP contribution is 2.41. The van der Waals surface area contributed by atoms with Crippen molar-refractivity contribution in [2.24, 2.45) is 0 Å². The fourth-order valence-corrected chi connectivity index (χ4v) is 2.59. The van der Waals surface area contributed by atoms with Crippen molar-refractivity contribution in [1.29, 1.82) is 5.26 Å². The maximum Gasteiger partial charge on any atom is 0.162 e. The van der Waals surface area contributed by atoms with Crippen molar-refractivity contribution in [2.45, 2.75) is 45.1 Å². The van der Waals surface area contributed by atoms with Gasteiger partial charge in [-0.25, -0.2) is 9.97 Å². The lowest BCUT2D eigenvalue weighted by atomic mass is 10.0. The van der Waals surface area contributed by atoms with Crippen LogP contribution in [0, 0.1) is 18.3 Å². The molecule has 2 N–H and O–H groups in total. The van der Waals surface area contributed by atoms with Gasteiger partial charge in [-0.15, -0.1) is 0 Å². The number of rotatable bonds is 3. The summed E-state index contributed by atoms with van der Waals surface area (Å²) in [5.74, 6) is 0.891. The maximum atomic E-state index is 8.98. The molecule has 0 aromatic carbocycles. The summed E-state index contributed by atoms with van der Waals surface area (Å²) >= 11 is 0. The first-order valence-electron chi connectivity index (χ1n) is 6.31. The Bertz CT molecular complexity index is 463. The van der Waals surface area contributed by atoms with E-state index in [4.69, 9.17) is 15.7 Å². The number of aromatic nitrogens is 2. The molecule has 0 radical (unpaired) electrons. The van der Waals surface area contributed by atoms with Crippen molar-refractivity contribution in [1.82, 2.24) is 9.97 Å². The van der Waals surface area contributed by atoms with E-state index in [-0.39, 0.29) is 5.82 Å². The maximum absolute atomic E-state index is 8.98. The fourth-order valence-electron chi connectivity index (χ4n) is 2.59. The molecular formula is C13H18N4O. The van der Waals surface area contributed by atoms with Crippen LogP contribution >= 0.6 is 0 Å². The monoisotopic (exact) mass is 246 g/mol. The Kier molecular flexibility index (Phi) is 3.48. The minimum Gasteiger partial charge on any atom is -0.382 e. The molecule has 1 saturated carbocycles. The molecule has 0 amide bonds. The molecule has 1 fully saturated rings. The van der Waals surface area contributed by atoms with Crippen molar-refractivity contribution in [3.8, 4) is 6.07 Å². The van der Waals surface area contributed by atoms with Crippen LogP contribution in [0.15, 0.2) is 0 Å². The highest BCUT2D eigenvalue weighted by atomic mass is 16.5. The van der Waals surface area contributed by atoms with Gasteiger partial charge in [-0.1, -0.05) is 0 Å². The van der Waals surface area contributed by atoms with Gasteiger partial charge >= 0.3 is 0 Å². The molecule has 2 rings (SSSR count). The van der Waals surface area contributed by atoms with E-state index in [2.05, 4.69) is 9.97 Å². The Morgan fingerprint density at radius 1 is 1.39 bits per heavy atom. The van der Waals surface area contributed by atoms with Crippen molar-refractivity contribution in [2.75, 3.05) is 12.3 Å².